The first kappa shape index (κ1) is 7.21. The summed E-state index contributed by atoms with van der Waals surface area (Å²) < 4.78 is 0. The van der Waals surface area contributed by atoms with Crippen LogP contribution in [0.2, 0.25) is 0 Å². The quantitative estimate of drug-likeness (QED) is 0.388. The second-order valence-electron chi connectivity index (χ2n) is 1.78. The summed E-state index contributed by atoms with van der Waals surface area (Å²) in [5.74, 6) is -0.412. The van der Waals surface area contributed by atoms with Crippen molar-refractivity contribution in [2.24, 2.45) is 5.10 Å². The summed E-state index contributed by atoms with van der Waals surface area (Å²) in [7, 11) is 0. The molecule has 0 unspecified atom stereocenters. The van der Waals surface area contributed by atoms with Gasteiger partial charge in [0.15, 0.2) is 0 Å². The predicted octanol–water partition coefficient (Wildman–Crippen LogP) is -0.952. The summed E-state index contributed by atoms with van der Waals surface area (Å²) in [5, 5.41) is 14.3. The normalized spacial score (nSPS) is 17.2. The number of nitrogens with one attached hydrogen (secondary N) is 1. The van der Waals surface area contributed by atoms with Crippen molar-refractivity contribution in [1.82, 2.24) is 10.3 Å². The molecule has 1 rings (SSSR count). The van der Waals surface area contributed by atoms with Gasteiger partial charge in [-0.1, -0.05) is 0 Å². The molecule has 0 aliphatic carbocycles. The van der Waals surface area contributed by atoms with E-state index in [0.29, 0.717) is 0 Å². The van der Waals surface area contributed by atoms with Crippen molar-refractivity contribution < 1.29 is 9.59 Å². The van der Waals surface area contributed by atoms with E-state index < -0.39 is 11.9 Å². The van der Waals surface area contributed by atoms with Crippen molar-refractivity contribution in [3.63, 3.8) is 0 Å². The molecule has 6 nitrogen and oxygen atoms in total. The van der Waals surface area contributed by atoms with Gasteiger partial charge in [-0.05, 0) is 0 Å². The van der Waals surface area contributed by atoms with Crippen LogP contribution in [0, 0.1) is 11.3 Å². The van der Waals surface area contributed by atoms with Gasteiger partial charge in [-0.15, -0.1) is 0 Å². The van der Waals surface area contributed by atoms with Crippen LogP contribution < -0.4 is 5.32 Å². The van der Waals surface area contributed by atoms with Gasteiger partial charge in [-0.2, -0.15) is 10.4 Å². The average Bonchev–Trinajstić information content (AvgIpc) is 2.26. The number of amides is 3. The Kier molecular flexibility index (Phi) is 1.83. The van der Waals surface area contributed by atoms with E-state index in [-0.39, 0.29) is 6.54 Å². The first-order valence-corrected chi connectivity index (χ1v) is 2.77. The smallest absolute Gasteiger partial charge is 0.275 e. The molecule has 0 saturated carbocycles. The number of hydrogen-bond donors (Lipinski definition) is 1. The summed E-state index contributed by atoms with van der Waals surface area (Å²) in [6.45, 7) is -0.114. The van der Waals surface area contributed by atoms with E-state index in [4.69, 9.17) is 5.26 Å². The molecule has 1 fully saturated rings. The number of hydrogen-bond acceptors (Lipinski definition) is 4. The monoisotopic (exact) mass is 152 g/mol. The Morgan fingerprint density at radius 2 is 2.45 bits per heavy atom. The minimum absolute atomic E-state index is 0.114. The predicted molar refractivity (Wildman–Crippen MR) is 34.3 cm³/mol. The van der Waals surface area contributed by atoms with Crippen molar-refractivity contribution >= 4 is 18.2 Å². The van der Waals surface area contributed by atoms with E-state index in [2.05, 4.69) is 5.10 Å². The summed E-state index contributed by atoms with van der Waals surface area (Å²) in [4.78, 5) is 21.2. The lowest BCUT2D eigenvalue weighted by Gasteiger charge is -2.01. The molecule has 0 aromatic carbocycles. The van der Waals surface area contributed by atoms with Crippen LogP contribution in [-0.2, 0) is 4.79 Å². The zero-order valence-corrected chi connectivity index (χ0v) is 5.44. The average molecular weight is 152 g/mol. The van der Waals surface area contributed by atoms with Crippen LogP contribution in [0.1, 0.15) is 0 Å². The highest BCUT2D eigenvalue weighted by Gasteiger charge is 2.25. The SMILES string of the molecule is N#C/C=N/N1CC(=O)NC1=O. The van der Waals surface area contributed by atoms with Crippen LogP contribution in [0.4, 0.5) is 4.79 Å². The van der Waals surface area contributed by atoms with E-state index in [1.165, 1.54) is 0 Å². The maximum atomic E-state index is 10.7. The van der Waals surface area contributed by atoms with E-state index in [0.717, 1.165) is 11.2 Å². The number of urea groups is 1. The molecule has 0 atom stereocenters. The van der Waals surface area contributed by atoms with Crippen molar-refractivity contribution in [3.8, 4) is 6.07 Å². The van der Waals surface area contributed by atoms with E-state index in [1.54, 1.807) is 6.07 Å². The zero-order chi connectivity index (χ0) is 8.27. The molecule has 1 aliphatic rings. The summed E-state index contributed by atoms with van der Waals surface area (Å²) >= 11 is 0. The topological polar surface area (TPSA) is 85.6 Å². The van der Waals surface area contributed by atoms with Crippen molar-refractivity contribution in [2.45, 2.75) is 0 Å². The molecule has 1 saturated heterocycles. The molecule has 0 radical (unpaired) electrons. The van der Waals surface area contributed by atoms with Crippen LogP contribution >= 0.6 is 0 Å². The Bertz CT molecular complexity index is 264. The van der Waals surface area contributed by atoms with Gasteiger partial charge in [0.25, 0.3) is 0 Å². The molecule has 0 spiro atoms. The largest absolute Gasteiger partial charge is 0.345 e. The maximum Gasteiger partial charge on any atom is 0.345 e. The van der Waals surface area contributed by atoms with E-state index in [1.807, 2.05) is 5.32 Å². The molecular weight excluding hydrogens is 148 g/mol. The molecule has 56 valence electrons. The number of carbonyl (C=O) groups is 2. The van der Waals surface area contributed by atoms with E-state index >= 15 is 0 Å². The lowest BCUT2D eigenvalue weighted by atomic mass is 10.6. The Balaban J connectivity index is 2.62. The van der Waals surface area contributed by atoms with Gasteiger partial charge in [0.1, 0.15) is 18.8 Å². The standard InChI is InChI=1S/C5H4N4O2/c6-1-2-7-9-3-4(10)8-5(9)11/h2H,3H2,(H,8,10,11)/b7-2+. The highest BCUT2D eigenvalue weighted by molar-refractivity contribution is 6.02. The van der Waals surface area contributed by atoms with Crippen molar-refractivity contribution in [2.75, 3.05) is 6.54 Å². The maximum absolute atomic E-state index is 10.7. The highest BCUT2D eigenvalue weighted by Crippen LogP contribution is 1.96. The molecule has 1 heterocycles. The first-order chi connectivity index (χ1) is 5.24. The lowest BCUT2D eigenvalue weighted by molar-refractivity contribution is -0.118. The molecule has 3 amide bonds. The van der Waals surface area contributed by atoms with Crippen LogP contribution in [0.25, 0.3) is 0 Å². The Morgan fingerprint density at radius 1 is 1.73 bits per heavy atom. The van der Waals surface area contributed by atoms with Crippen LogP contribution in [0.5, 0.6) is 0 Å². The molecule has 11 heavy (non-hydrogen) atoms. The van der Waals surface area contributed by atoms with Gasteiger partial charge in [-0.25, -0.2) is 9.80 Å². The highest BCUT2D eigenvalue weighted by atomic mass is 16.2. The lowest BCUT2D eigenvalue weighted by Crippen LogP contribution is -2.23. The second kappa shape index (κ2) is 2.79. The third kappa shape index (κ3) is 1.52. The van der Waals surface area contributed by atoms with E-state index in [9.17, 15) is 9.59 Å². The Hall–Kier alpha value is -1.90. The number of imide groups is 1. The third-order valence-electron chi connectivity index (χ3n) is 1.03. The van der Waals surface area contributed by atoms with Crippen molar-refractivity contribution in [3.05, 3.63) is 0 Å². The number of rotatable bonds is 1. The number of nitriles is 1. The van der Waals surface area contributed by atoms with Gasteiger partial charge in [-0.3, -0.25) is 10.1 Å². The molecule has 0 aromatic rings. The molecule has 1 N–H and O–H groups in total. The number of carbonyl (C=O) groups excluding carboxylic acids is 2. The van der Waals surface area contributed by atoms with Gasteiger partial charge in [0, 0.05) is 0 Å². The zero-order valence-electron chi connectivity index (χ0n) is 5.44. The third-order valence-corrected chi connectivity index (χ3v) is 1.03. The van der Waals surface area contributed by atoms with Gasteiger partial charge < -0.3 is 0 Å². The molecule has 6 heteroatoms. The minimum Gasteiger partial charge on any atom is -0.275 e. The van der Waals surface area contributed by atoms with Gasteiger partial charge >= 0.3 is 6.03 Å². The molecule has 1 aliphatic heterocycles. The summed E-state index contributed by atoms with van der Waals surface area (Å²) in [6, 6.07) is 1.01. The first-order valence-electron chi connectivity index (χ1n) is 2.77. The minimum atomic E-state index is -0.596. The second-order valence-corrected chi connectivity index (χ2v) is 1.78. The molecular formula is C5H4N4O2. The fourth-order valence-electron chi connectivity index (χ4n) is 0.620. The summed E-state index contributed by atoms with van der Waals surface area (Å²) in [5.41, 5.74) is 0. The van der Waals surface area contributed by atoms with Gasteiger partial charge in [0.2, 0.25) is 5.91 Å². The number of hydrazone groups is 1. The van der Waals surface area contributed by atoms with Crippen LogP contribution in [-0.4, -0.2) is 29.7 Å². The fraction of sp³-hybridized carbons (Fsp3) is 0.200. The van der Waals surface area contributed by atoms with Crippen LogP contribution in [0.3, 0.4) is 0 Å². The molecule has 0 bridgehead atoms. The van der Waals surface area contributed by atoms with Crippen molar-refractivity contribution in [1.29, 1.82) is 5.26 Å². The Morgan fingerprint density at radius 3 is 2.91 bits per heavy atom. The van der Waals surface area contributed by atoms with Gasteiger partial charge in [0.05, 0.1) is 0 Å². The number of nitrogens with zero attached hydrogens (tertiary/aromatic N) is 3. The Labute approximate surface area is 62.1 Å². The van der Waals surface area contributed by atoms with Crippen LogP contribution in [0.15, 0.2) is 5.10 Å². The fourth-order valence-corrected chi connectivity index (χ4v) is 0.620. The summed E-state index contributed by atoms with van der Waals surface area (Å²) in [6.07, 6.45) is 0.887. The molecule has 0 aromatic heterocycles.